The highest BCUT2D eigenvalue weighted by Crippen LogP contribution is 2.58. The Morgan fingerprint density at radius 2 is 1.92 bits per heavy atom. The Morgan fingerprint density at radius 1 is 1.20 bits per heavy atom. The Labute approximate surface area is 147 Å². The maximum Gasteiger partial charge on any atom is 0.168 e. The maximum atomic E-state index is 13.1. The van der Waals surface area contributed by atoms with E-state index in [2.05, 4.69) is 5.18 Å². The van der Waals surface area contributed by atoms with Crippen LogP contribution >= 0.6 is 0 Å². The van der Waals surface area contributed by atoms with Gasteiger partial charge >= 0.3 is 0 Å². The second-order valence-electron chi connectivity index (χ2n) is 8.78. The molecular weight excluding hydrogens is 322 g/mol. The predicted molar refractivity (Wildman–Crippen MR) is 89.7 cm³/mol. The molecule has 0 aromatic rings. The largest absolute Gasteiger partial charge is 0.381 e. The zero-order valence-corrected chi connectivity index (χ0v) is 14.9. The SMILES string of the molecule is CC1=C2C(O)C(=O)C3CCC4OCC4C3CC(N=O)(CC1=O)C2(C)C. The summed E-state index contributed by atoms with van der Waals surface area (Å²) in [6.45, 7) is 5.92. The van der Waals surface area contributed by atoms with Crippen LogP contribution in [0.25, 0.3) is 0 Å². The highest BCUT2D eigenvalue weighted by atomic mass is 16.5. The number of ether oxygens (including phenoxy) is 1. The van der Waals surface area contributed by atoms with Gasteiger partial charge in [-0.15, -0.1) is 0 Å². The fraction of sp³-hybridized carbons (Fsp3) is 0.789. The zero-order chi connectivity index (χ0) is 18.1. The van der Waals surface area contributed by atoms with Crippen molar-refractivity contribution in [3.05, 3.63) is 16.1 Å². The Morgan fingerprint density at radius 3 is 2.52 bits per heavy atom. The molecule has 2 bridgehead atoms. The van der Waals surface area contributed by atoms with Gasteiger partial charge in [0.2, 0.25) is 0 Å². The van der Waals surface area contributed by atoms with Crippen LogP contribution in [0, 0.1) is 28.1 Å². The topological polar surface area (TPSA) is 93.0 Å². The Kier molecular flexibility index (Phi) is 3.61. The van der Waals surface area contributed by atoms with E-state index < -0.39 is 17.1 Å². The van der Waals surface area contributed by atoms with Gasteiger partial charge in [-0.1, -0.05) is 19.0 Å². The molecule has 2 saturated carbocycles. The molecule has 6 nitrogen and oxygen atoms in total. The van der Waals surface area contributed by atoms with Crippen molar-refractivity contribution in [1.82, 2.24) is 0 Å². The number of fused-ring (bicyclic) bond motifs is 5. The second kappa shape index (κ2) is 5.30. The molecular formula is C19H25NO5. The van der Waals surface area contributed by atoms with Gasteiger partial charge in [0.1, 0.15) is 11.6 Å². The minimum absolute atomic E-state index is 0.0561. The number of nitroso groups, excluding NO2 is 1. The van der Waals surface area contributed by atoms with Gasteiger partial charge in [0.15, 0.2) is 11.6 Å². The van der Waals surface area contributed by atoms with Gasteiger partial charge in [-0.25, -0.2) is 0 Å². The lowest BCUT2D eigenvalue weighted by atomic mass is 9.50. The summed E-state index contributed by atoms with van der Waals surface area (Å²) >= 11 is 0. The van der Waals surface area contributed by atoms with E-state index in [1.807, 2.05) is 13.8 Å². The first kappa shape index (κ1) is 17.0. The van der Waals surface area contributed by atoms with Crippen molar-refractivity contribution >= 4 is 11.6 Å². The van der Waals surface area contributed by atoms with E-state index in [0.29, 0.717) is 30.6 Å². The number of hydrogen-bond donors (Lipinski definition) is 1. The third-order valence-corrected chi connectivity index (χ3v) is 7.58. The van der Waals surface area contributed by atoms with Gasteiger partial charge in [-0.05, 0) is 43.3 Å². The first-order valence-electron chi connectivity index (χ1n) is 9.16. The number of aliphatic hydroxyl groups excluding tert-OH is 1. The van der Waals surface area contributed by atoms with Crippen molar-refractivity contribution in [2.75, 3.05) is 6.61 Å². The number of carbonyl (C=O) groups is 2. The summed E-state index contributed by atoms with van der Waals surface area (Å²) in [4.78, 5) is 37.8. The smallest absolute Gasteiger partial charge is 0.168 e. The van der Waals surface area contributed by atoms with Gasteiger partial charge in [-0.2, -0.15) is 4.91 Å². The van der Waals surface area contributed by atoms with Crippen molar-refractivity contribution in [2.24, 2.45) is 28.3 Å². The van der Waals surface area contributed by atoms with Gasteiger partial charge in [0.25, 0.3) is 0 Å². The number of allylic oxidation sites excluding steroid dienone is 1. The lowest BCUT2D eigenvalue weighted by Gasteiger charge is -2.56. The summed E-state index contributed by atoms with van der Waals surface area (Å²) in [6.07, 6.45) is 0.754. The van der Waals surface area contributed by atoms with Crippen LogP contribution in [0.15, 0.2) is 16.3 Å². The van der Waals surface area contributed by atoms with E-state index in [9.17, 15) is 19.6 Å². The van der Waals surface area contributed by atoms with Crippen LogP contribution in [0.5, 0.6) is 0 Å². The summed E-state index contributed by atoms with van der Waals surface area (Å²) in [6, 6.07) is 0. The number of ketones is 2. The third kappa shape index (κ3) is 2.04. The van der Waals surface area contributed by atoms with Crippen LogP contribution < -0.4 is 0 Å². The maximum absolute atomic E-state index is 13.1. The fourth-order valence-corrected chi connectivity index (χ4v) is 5.82. The zero-order valence-electron chi connectivity index (χ0n) is 14.9. The molecule has 0 spiro atoms. The van der Waals surface area contributed by atoms with Crippen molar-refractivity contribution < 1.29 is 19.4 Å². The molecule has 4 aliphatic rings. The Bertz CT molecular complexity index is 696. The second-order valence-corrected chi connectivity index (χ2v) is 8.78. The van der Waals surface area contributed by atoms with Crippen molar-refractivity contribution in [3.8, 4) is 0 Å². The van der Waals surface area contributed by atoms with E-state index in [-0.39, 0.29) is 41.8 Å². The first-order chi connectivity index (χ1) is 11.7. The number of nitrogens with zero attached hydrogens (tertiary/aromatic N) is 1. The summed E-state index contributed by atoms with van der Waals surface area (Å²) in [5, 5.41) is 14.4. The fourth-order valence-electron chi connectivity index (χ4n) is 5.82. The number of Topliss-reactive ketones (excluding diaryl/α,β-unsaturated/α-hetero) is 2. The van der Waals surface area contributed by atoms with Crippen molar-refractivity contribution in [2.45, 2.75) is 64.2 Å². The van der Waals surface area contributed by atoms with E-state index in [1.165, 1.54) is 0 Å². The minimum Gasteiger partial charge on any atom is -0.381 e. The molecule has 1 saturated heterocycles. The van der Waals surface area contributed by atoms with Crippen LogP contribution in [-0.4, -0.2) is 41.0 Å². The molecule has 25 heavy (non-hydrogen) atoms. The molecule has 4 rings (SSSR count). The highest BCUT2D eigenvalue weighted by Gasteiger charge is 2.62. The lowest BCUT2D eigenvalue weighted by molar-refractivity contribution is -0.185. The molecule has 0 amide bonds. The average molecular weight is 347 g/mol. The molecule has 6 heteroatoms. The van der Waals surface area contributed by atoms with Crippen LogP contribution in [0.3, 0.4) is 0 Å². The van der Waals surface area contributed by atoms with E-state index in [0.717, 1.165) is 6.42 Å². The van der Waals surface area contributed by atoms with Gasteiger partial charge in [-0.3, -0.25) is 9.59 Å². The molecule has 1 N–H and O–H groups in total. The standard InChI is InChI=1S/C19H25NO5/c1-9-13(21)7-19(20-24)6-11-10(4-5-14-12(11)8-25-14)16(22)17(23)15(9)18(19,2)3/h10-12,14,17,23H,4-8H2,1-3H3. The number of hydrogen-bond acceptors (Lipinski definition) is 6. The van der Waals surface area contributed by atoms with Crippen LogP contribution in [-0.2, 0) is 14.3 Å². The van der Waals surface area contributed by atoms with Gasteiger partial charge in [0.05, 0.1) is 12.7 Å². The van der Waals surface area contributed by atoms with Crippen molar-refractivity contribution in [3.63, 3.8) is 0 Å². The predicted octanol–water partition coefficient (Wildman–Crippen LogP) is 2.18. The number of aliphatic hydroxyl groups is 1. The molecule has 3 aliphatic carbocycles. The van der Waals surface area contributed by atoms with E-state index >= 15 is 0 Å². The van der Waals surface area contributed by atoms with Crippen LogP contribution in [0.4, 0.5) is 0 Å². The number of rotatable bonds is 1. The molecule has 136 valence electrons. The quantitative estimate of drug-likeness (QED) is 0.734. The molecule has 0 aromatic heterocycles. The van der Waals surface area contributed by atoms with E-state index in [1.54, 1.807) is 6.92 Å². The van der Waals surface area contributed by atoms with Crippen molar-refractivity contribution in [1.29, 1.82) is 0 Å². The third-order valence-electron chi connectivity index (χ3n) is 7.58. The van der Waals surface area contributed by atoms with Crippen LogP contribution in [0.2, 0.25) is 0 Å². The summed E-state index contributed by atoms with van der Waals surface area (Å²) < 4.78 is 5.62. The molecule has 3 fully saturated rings. The molecule has 0 aromatic carbocycles. The first-order valence-corrected chi connectivity index (χ1v) is 9.16. The lowest BCUT2D eigenvalue weighted by Crippen LogP contribution is -2.61. The Hall–Kier alpha value is -1.40. The molecule has 0 radical (unpaired) electrons. The molecule has 6 atom stereocenters. The normalized spacial score (nSPS) is 45.7. The molecule has 1 aliphatic heterocycles. The number of carbonyl (C=O) groups excluding carboxylic acids is 2. The van der Waals surface area contributed by atoms with Gasteiger partial charge < -0.3 is 9.84 Å². The highest BCUT2D eigenvalue weighted by molar-refractivity contribution is 6.01. The summed E-state index contributed by atoms with van der Waals surface area (Å²) in [7, 11) is 0. The van der Waals surface area contributed by atoms with E-state index in [4.69, 9.17) is 4.74 Å². The summed E-state index contributed by atoms with van der Waals surface area (Å²) in [5.41, 5.74) is -1.12. The Balaban J connectivity index is 1.90. The van der Waals surface area contributed by atoms with Crippen LogP contribution in [0.1, 0.15) is 46.5 Å². The summed E-state index contributed by atoms with van der Waals surface area (Å²) in [5.74, 6) is -0.510. The molecule has 6 unspecified atom stereocenters. The average Bonchev–Trinajstić information content (AvgIpc) is 2.52. The minimum atomic E-state index is -1.33. The van der Waals surface area contributed by atoms with Gasteiger partial charge in [0, 0.05) is 23.7 Å². The molecule has 1 heterocycles. The monoisotopic (exact) mass is 347 g/mol.